The molecule has 0 saturated heterocycles. The Kier molecular flexibility index (Phi) is 4.41. The Morgan fingerprint density at radius 3 is 2.83 bits per heavy atom. The highest BCUT2D eigenvalue weighted by Gasteiger charge is 2.13. The second-order valence-corrected chi connectivity index (χ2v) is 5.23. The number of rotatable bonds is 5. The quantitative estimate of drug-likeness (QED) is 0.870. The molecule has 1 amide bonds. The van der Waals surface area contributed by atoms with E-state index in [9.17, 15) is 4.79 Å². The van der Waals surface area contributed by atoms with E-state index in [0.717, 1.165) is 5.75 Å². The van der Waals surface area contributed by atoms with Gasteiger partial charge in [-0.15, -0.1) is 11.8 Å². The van der Waals surface area contributed by atoms with Crippen LogP contribution in [-0.2, 0) is 10.5 Å². The lowest BCUT2D eigenvalue weighted by molar-refractivity contribution is -0.115. The van der Waals surface area contributed by atoms with E-state index < -0.39 is 0 Å². The van der Waals surface area contributed by atoms with E-state index in [4.69, 9.17) is 0 Å². The Morgan fingerprint density at radius 1 is 1.39 bits per heavy atom. The summed E-state index contributed by atoms with van der Waals surface area (Å²) in [6, 6.07) is 11.9. The Morgan fingerprint density at radius 2 is 2.17 bits per heavy atom. The minimum Gasteiger partial charge on any atom is -0.310 e. The average Bonchev–Trinajstić information content (AvgIpc) is 2.90. The summed E-state index contributed by atoms with van der Waals surface area (Å²) in [6.45, 7) is 1.90. The van der Waals surface area contributed by atoms with Gasteiger partial charge >= 0.3 is 0 Å². The van der Waals surface area contributed by atoms with Crippen LogP contribution in [0.2, 0.25) is 0 Å². The lowest BCUT2D eigenvalue weighted by atomic mass is 10.2. The highest BCUT2D eigenvalue weighted by atomic mass is 32.2. The van der Waals surface area contributed by atoms with E-state index in [2.05, 4.69) is 27.6 Å². The van der Waals surface area contributed by atoms with Crippen LogP contribution in [0, 0.1) is 0 Å². The van der Waals surface area contributed by atoms with Crippen molar-refractivity contribution in [2.45, 2.75) is 17.9 Å². The molecule has 0 radical (unpaired) electrons. The number of H-pyrrole nitrogens is 1. The molecular weight excluding hydrogens is 246 g/mol. The molecule has 0 spiro atoms. The van der Waals surface area contributed by atoms with Gasteiger partial charge in [-0.3, -0.25) is 9.89 Å². The number of hydrogen-bond acceptors (Lipinski definition) is 3. The third kappa shape index (κ3) is 3.63. The highest BCUT2D eigenvalue weighted by Crippen LogP contribution is 2.18. The second kappa shape index (κ2) is 6.26. The van der Waals surface area contributed by atoms with Crippen molar-refractivity contribution >= 4 is 23.5 Å². The van der Waals surface area contributed by atoms with E-state index in [1.54, 1.807) is 24.0 Å². The van der Waals surface area contributed by atoms with Crippen LogP contribution in [0.25, 0.3) is 0 Å². The summed E-state index contributed by atoms with van der Waals surface area (Å²) in [4.78, 5) is 11.9. The van der Waals surface area contributed by atoms with Gasteiger partial charge in [0.1, 0.15) is 5.82 Å². The maximum atomic E-state index is 11.9. The molecule has 1 heterocycles. The molecule has 94 valence electrons. The average molecular weight is 261 g/mol. The van der Waals surface area contributed by atoms with Crippen LogP contribution in [0.4, 0.5) is 5.82 Å². The van der Waals surface area contributed by atoms with Crippen molar-refractivity contribution < 1.29 is 4.79 Å². The van der Waals surface area contributed by atoms with E-state index in [-0.39, 0.29) is 11.2 Å². The predicted octanol–water partition coefficient (Wildman–Crippen LogP) is 2.67. The predicted molar refractivity (Wildman–Crippen MR) is 74.4 cm³/mol. The Bertz CT molecular complexity index is 484. The molecule has 1 aromatic carbocycles. The number of hydrogen-bond donors (Lipinski definition) is 2. The molecule has 1 atom stereocenters. The van der Waals surface area contributed by atoms with E-state index in [1.807, 2.05) is 25.1 Å². The van der Waals surface area contributed by atoms with Gasteiger partial charge in [0.05, 0.1) is 11.4 Å². The molecule has 1 aromatic heterocycles. The van der Waals surface area contributed by atoms with Crippen molar-refractivity contribution in [3.63, 3.8) is 0 Å². The number of amides is 1. The zero-order chi connectivity index (χ0) is 12.8. The SMILES string of the molecule is C[C@H](SCc1ccccc1)C(=O)Nc1ccn[nH]1. The largest absolute Gasteiger partial charge is 0.310 e. The van der Waals surface area contributed by atoms with Crippen molar-refractivity contribution in [1.82, 2.24) is 10.2 Å². The first-order valence-corrected chi connectivity index (χ1v) is 6.76. The minimum absolute atomic E-state index is 0.0137. The van der Waals surface area contributed by atoms with Crippen molar-refractivity contribution in [1.29, 1.82) is 0 Å². The van der Waals surface area contributed by atoms with Crippen LogP contribution in [0.5, 0.6) is 0 Å². The van der Waals surface area contributed by atoms with Gasteiger partial charge in [0, 0.05) is 11.8 Å². The number of carbonyl (C=O) groups excluding carboxylic acids is 1. The molecule has 0 aliphatic carbocycles. The first-order chi connectivity index (χ1) is 8.75. The fraction of sp³-hybridized carbons (Fsp3) is 0.231. The van der Waals surface area contributed by atoms with Crippen molar-refractivity contribution in [2.75, 3.05) is 5.32 Å². The second-order valence-electron chi connectivity index (χ2n) is 3.90. The van der Waals surface area contributed by atoms with Crippen LogP contribution in [-0.4, -0.2) is 21.4 Å². The molecular formula is C13H15N3OS. The molecule has 18 heavy (non-hydrogen) atoms. The third-order valence-electron chi connectivity index (χ3n) is 2.47. The monoisotopic (exact) mass is 261 g/mol. The van der Waals surface area contributed by atoms with Gasteiger partial charge in [-0.2, -0.15) is 5.10 Å². The summed E-state index contributed by atoms with van der Waals surface area (Å²) >= 11 is 1.61. The van der Waals surface area contributed by atoms with Crippen molar-refractivity contribution in [2.24, 2.45) is 0 Å². The number of nitrogens with zero attached hydrogens (tertiary/aromatic N) is 1. The van der Waals surface area contributed by atoms with Gasteiger partial charge in [0.15, 0.2) is 0 Å². The Labute approximate surface area is 110 Å². The molecule has 4 nitrogen and oxygen atoms in total. The van der Waals surface area contributed by atoms with Gasteiger partial charge in [0.2, 0.25) is 5.91 Å². The first kappa shape index (κ1) is 12.7. The van der Waals surface area contributed by atoms with Gasteiger partial charge in [-0.25, -0.2) is 0 Å². The summed E-state index contributed by atoms with van der Waals surface area (Å²) in [6.07, 6.45) is 1.61. The van der Waals surface area contributed by atoms with E-state index in [0.29, 0.717) is 5.82 Å². The van der Waals surface area contributed by atoms with Crippen LogP contribution in [0.15, 0.2) is 42.6 Å². The first-order valence-electron chi connectivity index (χ1n) is 5.71. The summed E-state index contributed by atoms with van der Waals surface area (Å²) in [5.74, 6) is 1.45. The zero-order valence-electron chi connectivity index (χ0n) is 10.1. The molecule has 5 heteroatoms. The molecule has 0 fully saturated rings. The van der Waals surface area contributed by atoms with Gasteiger partial charge in [-0.05, 0) is 12.5 Å². The van der Waals surface area contributed by atoms with Crippen LogP contribution in [0.3, 0.4) is 0 Å². The van der Waals surface area contributed by atoms with Crippen molar-refractivity contribution in [3.8, 4) is 0 Å². The number of thioether (sulfide) groups is 1. The lowest BCUT2D eigenvalue weighted by Crippen LogP contribution is -2.22. The number of nitrogens with one attached hydrogen (secondary N) is 2. The molecule has 0 unspecified atom stereocenters. The highest BCUT2D eigenvalue weighted by molar-refractivity contribution is 7.99. The molecule has 2 N–H and O–H groups in total. The van der Waals surface area contributed by atoms with Gasteiger partial charge in [0.25, 0.3) is 0 Å². The normalized spacial score (nSPS) is 12.1. The van der Waals surface area contributed by atoms with E-state index in [1.165, 1.54) is 5.56 Å². The molecule has 0 aliphatic rings. The number of aromatic amines is 1. The molecule has 0 saturated carbocycles. The van der Waals surface area contributed by atoms with Crippen molar-refractivity contribution in [3.05, 3.63) is 48.2 Å². The topological polar surface area (TPSA) is 57.8 Å². The van der Waals surface area contributed by atoms with Crippen LogP contribution in [0.1, 0.15) is 12.5 Å². The Balaban J connectivity index is 1.81. The fourth-order valence-electron chi connectivity index (χ4n) is 1.43. The molecule has 2 aromatic rings. The minimum atomic E-state index is -0.103. The molecule has 2 rings (SSSR count). The summed E-state index contributed by atoms with van der Waals surface area (Å²) < 4.78 is 0. The smallest absolute Gasteiger partial charge is 0.238 e. The number of carbonyl (C=O) groups is 1. The van der Waals surface area contributed by atoms with Gasteiger partial charge in [-0.1, -0.05) is 30.3 Å². The van der Waals surface area contributed by atoms with Crippen LogP contribution < -0.4 is 5.32 Å². The van der Waals surface area contributed by atoms with Crippen LogP contribution >= 0.6 is 11.8 Å². The molecule has 0 aliphatic heterocycles. The number of aromatic nitrogens is 2. The Hall–Kier alpha value is -1.75. The maximum Gasteiger partial charge on any atom is 0.238 e. The summed E-state index contributed by atoms with van der Waals surface area (Å²) in [7, 11) is 0. The molecule has 0 bridgehead atoms. The maximum absolute atomic E-state index is 11.9. The third-order valence-corrected chi connectivity index (χ3v) is 3.68. The summed E-state index contributed by atoms with van der Waals surface area (Å²) in [5, 5.41) is 9.16. The standard InChI is InChI=1S/C13H15N3OS/c1-10(13(17)15-12-7-8-14-16-12)18-9-11-5-3-2-4-6-11/h2-8,10H,9H2,1H3,(H2,14,15,16,17)/t10-/m0/s1. The number of benzene rings is 1. The fourth-order valence-corrected chi connectivity index (χ4v) is 2.28. The van der Waals surface area contributed by atoms with Gasteiger partial charge < -0.3 is 5.32 Å². The summed E-state index contributed by atoms with van der Waals surface area (Å²) in [5.41, 5.74) is 1.23. The van der Waals surface area contributed by atoms with E-state index >= 15 is 0 Å². The zero-order valence-corrected chi connectivity index (χ0v) is 10.9. The lowest BCUT2D eigenvalue weighted by Gasteiger charge is -2.10. The number of anilines is 1.